The number of benzene rings is 2. The first-order valence-corrected chi connectivity index (χ1v) is 8.35. The molecule has 0 saturated carbocycles. The molecule has 122 valence electrons. The zero-order valence-corrected chi connectivity index (χ0v) is 13.4. The van der Waals surface area contributed by atoms with Crippen LogP contribution in [0.2, 0.25) is 0 Å². The van der Waals surface area contributed by atoms with E-state index >= 15 is 0 Å². The number of carbonyl (C=O) groups is 1. The van der Waals surface area contributed by atoms with Gasteiger partial charge >= 0.3 is 0 Å². The van der Waals surface area contributed by atoms with E-state index in [0.29, 0.717) is 18.2 Å². The van der Waals surface area contributed by atoms with Crippen LogP contribution in [-0.4, -0.2) is 34.6 Å². The van der Waals surface area contributed by atoms with Gasteiger partial charge in [0.1, 0.15) is 6.33 Å². The lowest BCUT2D eigenvalue weighted by atomic mass is 10.1. The van der Waals surface area contributed by atoms with E-state index in [-0.39, 0.29) is 5.91 Å². The van der Waals surface area contributed by atoms with Crippen LogP contribution in [-0.2, 0) is 0 Å². The quantitative estimate of drug-likeness (QED) is 0.776. The molecule has 5 heteroatoms. The molecule has 0 spiro atoms. The molecule has 4 rings (SSSR count). The fourth-order valence-corrected chi connectivity index (χ4v) is 3.19. The van der Waals surface area contributed by atoms with Crippen molar-refractivity contribution in [3.63, 3.8) is 0 Å². The van der Waals surface area contributed by atoms with Crippen LogP contribution in [0.3, 0.4) is 0 Å². The molecular weight excluding hydrogens is 300 g/mol. The Morgan fingerprint density at radius 3 is 2.83 bits per heavy atom. The number of hydrogen-bond acceptors (Lipinski definition) is 3. The van der Waals surface area contributed by atoms with Crippen molar-refractivity contribution >= 4 is 16.9 Å². The van der Waals surface area contributed by atoms with E-state index in [0.717, 1.165) is 29.7 Å². The maximum absolute atomic E-state index is 12.3. The molecule has 1 aliphatic heterocycles. The van der Waals surface area contributed by atoms with Gasteiger partial charge in [-0.25, -0.2) is 4.98 Å². The lowest BCUT2D eigenvalue weighted by molar-refractivity contribution is 0.0950. The lowest BCUT2D eigenvalue weighted by Gasteiger charge is -2.12. The smallest absolute Gasteiger partial charge is 0.251 e. The van der Waals surface area contributed by atoms with Gasteiger partial charge in [0.15, 0.2) is 0 Å². The van der Waals surface area contributed by atoms with E-state index in [9.17, 15) is 4.79 Å². The van der Waals surface area contributed by atoms with Crippen LogP contribution in [0.5, 0.6) is 0 Å². The lowest BCUT2D eigenvalue weighted by Crippen LogP contribution is -2.37. The minimum atomic E-state index is -0.0225. The average molecular weight is 320 g/mol. The number of rotatable bonds is 4. The van der Waals surface area contributed by atoms with E-state index in [2.05, 4.69) is 15.6 Å². The highest BCUT2D eigenvalue weighted by atomic mass is 16.1. The number of nitrogens with zero attached hydrogens (tertiary/aromatic N) is 2. The number of nitrogens with one attached hydrogen (secondary N) is 2. The molecule has 2 aromatic carbocycles. The summed E-state index contributed by atoms with van der Waals surface area (Å²) in [6, 6.07) is 16.1. The van der Waals surface area contributed by atoms with E-state index in [1.54, 1.807) is 0 Å². The van der Waals surface area contributed by atoms with Crippen molar-refractivity contribution in [2.24, 2.45) is 0 Å². The number of fused-ring (bicyclic) bond motifs is 1. The zero-order chi connectivity index (χ0) is 16.4. The van der Waals surface area contributed by atoms with E-state index < -0.39 is 0 Å². The second-order valence-corrected chi connectivity index (χ2v) is 6.15. The Balaban J connectivity index is 1.49. The van der Waals surface area contributed by atoms with Gasteiger partial charge < -0.3 is 10.6 Å². The normalized spacial score (nSPS) is 17.2. The summed E-state index contributed by atoms with van der Waals surface area (Å²) >= 11 is 0. The van der Waals surface area contributed by atoms with E-state index in [1.165, 1.54) is 6.42 Å². The van der Waals surface area contributed by atoms with Gasteiger partial charge in [-0.3, -0.25) is 9.36 Å². The van der Waals surface area contributed by atoms with Crippen molar-refractivity contribution in [1.82, 2.24) is 20.2 Å². The topological polar surface area (TPSA) is 59.0 Å². The fraction of sp³-hybridized carbons (Fsp3) is 0.263. The van der Waals surface area contributed by atoms with Gasteiger partial charge in [-0.2, -0.15) is 0 Å². The minimum Gasteiger partial charge on any atom is -0.350 e. The molecule has 1 saturated heterocycles. The first-order chi connectivity index (χ1) is 11.8. The molecular formula is C19H20N4O. The molecule has 0 aliphatic carbocycles. The molecule has 24 heavy (non-hydrogen) atoms. The minimum absolute atomic E-state index is 0.0225. The monoisotopic (exact) mass is 320 g/mol. The Labute approximate surface area is 140 Å². The van der Waals surface area contributed by atoms with Crippen molar-refractivity contribution in [2.45, 2.75) is 18.9 Å². The molecule has 5 nitrogen and oxygen atoms in total. The molecule has 1 amide bonds. The molecule has 1 atom stereocenters. The summed E-state index contributed by atoms with van der Waals surface area (Å²) in [6.07, 6.45) is 4.13. The summed E-state index contributed by atoms with van der Waals surface area (Å²) in [5, 5.41) is 6.39. The molecule has 1 aliphatic rings. The third-order valence-corrected chi connectivity index (χ3v) is 4.53. The molecule has 0 bridgehead atoms. The first-order valence-electron chi connectivity index (χ1n) is 8.35. The van der Waals surface area contributed by atoms with Crippen LogP contribution in [0.25, 0.3) is 16.7 Å². The average Bonchev–Trinajstić information content (AvgIpc) is 3.29. The van der Waals surface area contributed by atoms with Gasteiger partial charge in [-0.15, -0.1) is 0 Å². The Morgan fingerprint density at radius 2 is 2.04 bits per heavy atom. The van der Waals surface area contributed by atoms with Crippen molar-refractivity contribution in [3.8, 4) is 5.69 Å². The van der Waals surface area contributed by atoms with E-state index in [4.69, 9.17) is 0 Å². The van der Waals surface area contributed by atoms with Crippen LogP contribution in [0, 0.1) is 0 Å². The van der Waals surface area contributed by atoms with Gasteiger partial charge in [0.2, 0.25) is 0 Å². The summed E-state index contributed by atoms with van der Waals surface area (Å²) in [6.45, 7) is 1.74. The second kappa shape index (κ2) is 6.45. The highest BCUT2D eigenvalue weighted by Crippen LogP contribution is 2.18. The Bertz CT molecular complexity index is 847. The Hall–Kier alpha value is -2.66. The molecule has 0 unspecified atom stereocenters. The zero-order valence-electron chi connectivity index (χ0n) is 13.4. The SMILES string of the molecule is O=C(NC[C@@H]1CCCN1)c1ccc(-n2cnc3ccccc32)cc1. The van der Waals surface area contributed by atoms with Crippen LogP contribution < -0.4 is 10.6 Å². The number of amides is 1. The number of carbonyl (C=O) groups excluding carboxylic acids is 1. The summed E-state index contributed by atoms with van der Waals surface area (Å²) < 4.78 is 2.03. The van der Waals surface area contributed by atoms with Gasteiger partial charge in [-0.1, -0.05) is 12.1 Å². The largest absolute Gasteiger partial charge is 0.350 e. The third kappa shape index (κ3) is 2.90. The highest BCUT2D eigenvalue weighted by molar-refractivity contribution is 5.94. The maximum Gasteiger partial charge on any atom is 0.251 e. The van der Waals surface area contributed by atoms with Crippen LogP contribution in [0.15, 0.2) is 54.9 Å². The van der Waals surface area contributed by atoms with Crippen LogP contribution in [0.1, 0.15) is 23.2 Å². The van der Waals surface area contributed by atoms with Gasteiger partial charge in [-0.05, 0) is 55.8 Å². The standard InChI is InChI=1S/C19H20N4O/c24-19(21-12-15-4-3-11-20-15)14-7-9-16(10-8-14)23-13-22-17-5-1-2-6-18(17)23/h1-2,5-10,13,15,20H,3-4,11-12H2,(H,21,24)/t15-/m0/s1. The summed E-state index contributed by atoms with van der Waals surface area (Å²) in [4.78, 5) is 16.7. The van der Waals surface area contributed by atoms with Gasteiger partial charge in [0, 0.05) is 23.8 Å². The summed E-state index contributed by atoms with van der Waals surface area (Å²) in [7, 11) is 0. The fourth-order valence-electron chi connectivity index (χ4n) is 3.19. The van der Waals surface area contributed by atoms with Crippen LogP contribution >= 0.6 is 0 Å². The summed E-state index contributed by atoms with van der Waals surface area (Å²) in [5.74, 6) is -0.0225. The summed E-state index contributed by atoms with van der Waals surface area (Å²) in [5.41, 5.74) is 3.70. The third-order valence-electron chi connectivity index (χ3n) is 4.53. The maximum atomic E-state index is 12.3. The van der Waals surface area contributed by atoms with Crippen LogP contribution in [0.4, 0.5) is 0 Å². The number of hydrogen-bond donors (Lipinski definition) is 2. The van der Waals surface area contributed by atoms with Gasteiger partial charge in [0.05, 0.1) is 11.0 Å². The number of aromatic nitrogens is 2. The molecule has 3 aromatic rings. The Kier molecular flexibility index (Phi) is 4.01. The Morgan fingerprint density at radius 1 is 1.21 bits per heavy atom. The van der Waals surface area contributed by atoms with Gasteiger partial charge in [0.25, 0.3) is 5.91 Å². The predicted molar refractivity (Wildman–Crippen MR) is 94.4 cm³/mol. The molecule has 2 heterocycles. The molecule has 1 fully saturated rings. The second-order valence-electron chi connectivity index (χ2n) is 6.15. The first kappa shape index (κ1) is 14.9. The van der Waals surface area contributed by atoms with Crippen molar-refractivity contribution in [1.29, 1.82) is 0 Å². The molecule has 0 radical (unpaired) electrons. The van der Waals surface area contributed by atoms with E-state index in [1.807, 2.05) is 59.4 Å². The number of imidazole rings is 1. The van der Waals surface area contributed by atoms with Crippen molar-refractivity contribution in [2.75, 3.05) is 13.1 Å². The van der Waals surface area contributed by atoms with Crippen molar-refractivity contribution in [3.05, 3.63) is 60.4 Å². The number of para-hydroxylation sites is 2. The predicted octanol–water partition coefficient (Wildman–Crippen LogP) is 2.51. The highest BCUT2D eigenvalue weighted by Gasteiger charge is 2.15. The van der Waals surface area contributed by atoms with Crippen molar-refractivity contribution < 1.29 is 4.79 Å². The molecule has 2 N–H and O–H groups in total. The molecule has 1 aromatic heterocycles.